The summed E-state index contributed by atoms with van der Waals surface area (Å²) < 4.78 is 39.0. The van der Waals surface area contributed by atoms with Crippen molar-refractivity contribution in [3.8, 4) is 0 Å². The number of benzene rings is 1. The molecule has 0 aliphatic heterocycles. The van der Waals surface area contributed by atoms with Gasteiger partial charge in [-0.15, -0.1) is 0 Å². The third-order valence-electron chi connectivity index (χ3n) is 3.99. The molecule has 2 N–H and O–H groups in total. The van der Waals surface area contributed by atoms with Crippen molar-refractivity contribution in [3.63, 3.8) is 0 Å². The second-order valence-electron chi connectivity index (χ2n) is 6.02. The van der Waals surface area contributed by atoms with Gasteiger partial charge in [0.15, 0.2) is 0 Å². The molecule has 0 saturated heterocycles. The monoisotopic (exact) mass is 410 g/mol. The highest BCUT2D eigenvalue weighted by atomic mass is 35.5. The summed E-state index contributed by atoms with van der Waals surface area (Å²) in [5.41, 5.74) is 1.52. The number of nitrogens with zero attached hydrogens (tertiary/aromatic N) is 2. The minimum atomic E-state index is -1.28. The Labute approximate surface area is 162 Å². The molecule has 0 saturated carbocycles. The Balaban J connectivity index is 2.07. The Kier molecular flexibility index (Phi) is 5.57. The van der Waals surface area contributed by atoms with Crippen LogP contribution in [0.1, 0.15) is 28.8 Å². The van der Waals surface area contributed by atoms with Crippen molar-refractivity contribution in [1.82, 2.24) is 15.0 Å². The smallest absolute Gasteiger partial charge is 0.148 e. The predicted octanol–water partition coefficient (Wildman–Crippen LogP) is 4.29. The highest BCUT2D eigenvalue weighted by molar-refractivity contribution is 7.84. The zero-order valence-corrected chi connectivity index (χ0v) is 16.4. The van der Waals surface area contributed by atoms with Gasteiger partial charge in [-0.2, -0.15) is 0 Å². The first-order valence-electron chi connectivity index (χ1n) is 8.01. The maximum absolute atomic E-state index is 13.6. The van der Waals surface area contributed by atoms with Crippen LogP contribution in [-0.4, -0.2) is 25.4 Å². The second kappa shape index (κ2) is 7.74. The van der Waals surface area contributed by atoms with Gasteiger partial charge in [-0.25, -0.2) is 18.7 Å². The molecular formula is C18H17ClF2N4OS. The number of rotatable bonds is 5. The number of aromatic nitrogens is 3. The second-order valence-corrected chi connectivity index (χ2v) is 7.72. The van der Waals surface area contributed by atoms with Gasteiger partial charge in [-0.1, -0.05) is 17.7 Å². The third kappa shape index (κ3) is 4.17. The lowest BCUT2D eigenvalue weighted by atomic mass is 10.1. The van der Waals surface area contributed by atoms with Gasteiger partial charge in [0.25, 0.3) is 0 Å². The topological polar surface area (TPSA) is 70.7 Å². The molecule has 0 aliphatic carbocycles. The number of aryl methyl sites for hydroxylation is 2. The van der Waals surface area contributed by atoms with Crippen LogP contribution < -0.4 is 5.32 Å². The van der Waals surface area contributed by atoms with Crippen LogP contribution in [0.25, 0.3) is 0 Å². The molecule has 0 spiro atoms. The Hall–Kier alpha value is -2.32. The van der Waals surface area contributed by atoms with Crippen molar-refractivity contribution >= 4 is 28.2 Å². The van der Waals surface area contributed by atoms with Crippen LogP contribution in [0.5, 0.6) is 0 Å². The number of nitrogens with one attached hydrogen (secondary N) is 2. The first kappa shape index (κ1) is 19.4. The van der Waals surface area contributed by atoms with E-state index in [1.165, 1.54) is 30.5 Å². The summed E-state index contributed by atoms with van der Waals surface area (Å²) in [4.78, 5) is 11.7. The van der Waals surface area contributed by atoms with Gasteiger partial charge >= 0.3 is 0 Å². The average molecular weight is 411 g/mol. The minimum Gasteiger partial charge on any atom is -0.356 e. The molecule has 1 aromatic carbocycles. The molecule has 0 fully saturated rings. The van der Waals surface area contributed by atoms with E-state index in [1.54, 1.807) is 19.9 Å². The molecule has 0 radical (unpaired) electrons. The zero-order valence-electron chi connectivity index (χ0n) is 14.8. The standard InChI is InChI=1S/C18H17ClF2N4OS/c1-9-13(20)6-7-15(22-9)24-16(11-4-5-14(21)12(19)8-11)17-23-10(2)18(25-17)27(3)26/h4-8,16H,1-3H3,(H,22,24)(H,23,25)/t16?,27-/m1/s1. The van der Waals surface area contributed by atoms with E-state index >= 15 is 0 Å². The van der Waals surface area contributed by atoms with Crippen molar-refractivity contribution in [2.24, 2.45) is 0 Å². The zero-order chi connectivity index (χ0) is 19.7. The summed E-state index contributed by atoms with van der Waals surface area (Å²) >= 11 is 5.93. The Bertz CT molecular complexity index is 1020. The Morgan fingerprint density at radius 2 is 1.85 bits per heavy atom. The molecule has 0 aliphatic rings. The van der Waals surface area contributed by atoms with E-state index < -0.39 is 28.5 Å². The largest absolute Gasteiger partial charge is 0.356 e. The van der Waals surface area contributed by atoms with E-state index in [-0.39, 0.29) is 10.7 Å². The molecule has 0 bridgehead atoms. The number of hydrogen-bond acceptors (Lipinski definition) is 4. The van der Waals surface area contributed by atoms with Crippen LogP contribution in [0.15, 0.2) is 35.4 Å². The van der Waals surface area contributed by atoms with Crippen LogP contribution in [-0.2, 0) is 10.8 Å². The van der Waals surface area contributed by atoms with Crippen molar-refractivity contribution in [2.45, 2.75) is 24.9 Å². The van der Waals surface area contributed by atoms with E-state index in [2.05, 4.69) is 20.3 Å². The van der Waals surface area contributed by atoms with Gasteiger partial charge in [-0.05, 0) is 43.7 Å². The summed E-state index contributed by atoms with van der Waals surface area (Å²) in [7, 11) is -1.28. The predicted molar refractivity (Wildman–Crippen MR) is 101 cm³/mol. The highest BCUT2D eigenvalue weighted by Gasteiger charge is 2.22. The van der Waals surface area contributed by atoms with E-state index in [9.17, 15) is 13.0 Å². The lowest BCUT2D eigenvalue weighted by molar-refractivity contribution is 0.609. The molecule has 2 atom stereocenters. The van der Waals surface area contributed by atoms with Gasteiger partial charge in [0, 0.05) is 11.9 Å². The molecular weight excluding hydrogens is 394 g/mol. The molecule has 0 amide bonds. The molecule has 142 valence electrons. The molecule has 9 heteroatoms. The number of H-pyrrole nitrogens is 1. The van der Waals surface area contributed by atoms with Crippen LogP contribution in [0.4, 0.5) is 14.6 Å². The number of hydrogen-bond donors (Lipinski definition) is 2. The summed E-state index contributed by atoms with van der Waals surface area (Å²) in [5.74, 6) is -0.0861. The average Bonchev–Trinajstić information content (AvgIpc) is 3.00. The Morgan fingerprint density at radius 3 is 2.44 bits per heavy atom. The van der Waals surface area contributed by atoms with Crippen molar-refractivity contribution in [2.75, 3.05) is 11.6 Å². The SMILES string of the molecule is Cc1nc(NC(c2ccc(F)c(Cl)c2)c2nc([S@@](C)=O)c(C)[nH]2)ccc1F. The molecule has 3 aromatic rings. The number of pyridine rings is 1. The van der Waals surface area contributed by atoms with Gasteiger partial charge < -0.3 is 10.3 Å². The fourth-order valence-electron chi connectivity index (χ4n) is 2.66. The van der Waals surface area contributed by atoms with E-state index in [0.29, 0.717) is 27.9 Å². The van der Waals surface area contributed by atoms with Crippen molar-refractivity contribution < 1.29 is 13.0 Å². The molecule has 1 unspecified atom stereocenters. The third-order valence-corrected chi connectivity index (χ3v) is 5.23. The lowest BCUT2D eigenvalue weighted by Crippen LogP contribution is -2.15. The summed E-state index contributed by atoms with van der Waals surface area (Å²) in [6, 6.07) is 6.51. The number of aromatic amines is 1. The first-order chi connectivity index (χ1) is 12.8. The molecule has 5 nitrogen and oxygen atoms in total. The first-order valence-corrected chi connectivity index (χ1v) is 9.94. The van der Waals surface area contributed by atoms with Crippen LogP contribution in [0.2, 0.25) is 5.02 Å². The molecule has 27 heavy (non-hydrogen) atoms. The van der Waals surface area contributed by atoms with E-state index in [0.717, 1.165) is 0 Å². The quantitative estimate of drug-likeness (QED) is 0.658. The van der Waals surface area contributed by atoms with Gasteiger partial charge in [0.1, 0.15) is 34.3 Å². The maximum Gasteiger partial charge on any atom is 0.148 e. The molecule has 3 rings (SSSR count). The van der Waals surface area contributed by atoms with E-state index in [4.69, 9.17) is 11.6 Å². The van der Waals surface area contributed by atoms with Gasteiger partial charge in [0.2, 0.25) is 0 Å². The summed E-state index contributed by atoms with van der Waals surface area (Å²) in [6.45, 7) is 3.32. The lowest BCUT2D eigenvalue weighted by Gasteiger charge is -2.18. The fourth-order valence-corrected chi connectivity index (χ4v) is 3.56. The summed E-state index contributed by atoms with van der Waals surface area (Å²) in [5, 5.41) is 3.54. The summed E-state index contributed by atoms with van der Waals surface area (Å²) in [6.07, 6.45) is 1.54. The number of halogens is 3. The number of imidazole rings is 1. The van der Waals surface area contributed by atoms with E-state index in [1.807, 2.05) is 0 Å². The van der Waals surface area contributed by atoms with Crippen LogP contribution in [0.3, 0.4) is 0 Å². The molecule has 2 heterocycles. The minimum absolute atomic E-state index is 0.0369. The van der Waals surface area contributed by atoms with Gasteiger partial charge in [-0.3, -0.25) is 4.21 Å². The number of anilines is 1. The maximum atomic E-state index is 13.6. The fraction of sp³-hybridized carbons (Fsp3) is 0.222. The van der Waals surface area contributed by atoms with Crippen LogP contribution >= 0.6 is 11.6 Å². The normalized spacial score (nSPS) is 13.4. The van der Waals surface area contributed by atoms with Crippen molar-refractivity contribution in [1.29, 1.82) is 0 Å². The highest BCUT2D eigenvalue weighted by Crippen LogP contribution is 2.29. The Morgan fingerprint density at radius 1 is 1.15 bits per heavy atom. The van der Waals surface area contributed by atoms with Gasteiger partial charge in [0.05, 0.1) is 21.5 Å². The van der Waals surface area contributed by atoms with Crippen molar-refractivity contribution in [3.05, 3.63) is 69.8 Å². The van der Waals surface area contributed by atoms with Crippen LogP contribution in [0, 0.1) is 25.5 Å². The molecule has 2 aromatic heterocycles.